The monoisotopic (exact) mass is 493 g/mol. The minimum absolute atomic E-state index is 0.165. The lowest BCUT2D eigenvalue weighted by atomic mass is 10.1. The molecule has 3 aromatic rings. The van der Waals surface area contributed by atoms with Crippen LogP contribution in [0.1, 0.15) is 21.1 Å². The van der Waals surface area contributed by atoms with Gasteiger partial charge in [0.1, 0.15) is 5.69 Å². The first-order valence-corrected chi connectivity index (χ1v) is 11.2. The summed E-state index contributed by atoms with van der Waals surface area (Å²) in [5.74, 6) is -0.393. The van der Waals surface area contributed by atoms with Crippen LogP contribution in [0.5, 0.6) is 0 Å². The highest BCUT2D eigenvalue weighted by atomic mass is 32.1. The van der Waals surface area contributed by atoms with E-state index in [4.69, 9.17) is 9.47 Å². The van der Waals surface area contributed by atoms with E-state index in [-0.39, 0.29) is 18.0 Å². The van der Waals surface area contributed by atoms with Crippen molar-refractivity contribution in [3.05, 3.63) is 52.9 Å². The molecule has 2 aromatic heterocycles. The fraction of sp³-hybridized carbons (Fsp3) is 0.364. The van der Waals surface area contributed by atoms with Crippen LogP contribution in [0.2, 0.25) is 0 Å². The molecule has 1 N–H and O–H groups in total. The maximum atomic E-state index is 12.9. The van der Waals surface area contributed by atoms with Crippen molar-refractivity contribution in [1.82, 2.24) is 19.9 Å². The van der Waals surface area contributed by atoms with Crippen LogP contribution in [0.3, 0.4) is 0 Å². The number of likely N-dealkylation sites (N-methyl/N-ethyl adjacent to an activating group) is 1. The van der Waals surface area contributed by atoms with E-state index < -0.39 is 11.9 Å². The third kappa shape index (κ3) is 5.88. The second-order valence-electron chi connectivity index (χ2n) is 7.76. The Labute approximate surface area is 197 Å². The molecular formula is C22H22F3N5O3S. The van der Waals surface area contributed by atoms with Gasteiger partial charge in [0.2, 0.25) is 5.95 Å². The van der Waals surface area contributed by atoms with E-state index in [0.717, 1.165) is 28.3 Å². The number of hydrogen-bond donors (Lipinski definition) is 1. The largest absolute Gasteiger partial charge is 0.433 e. The van der Waals surface area contributed by atoms with E-state index in [9.17, 15) is 18.0 Å². The molecule has 34 heavy (non-hydrogen) atoms. The molecule has 1 aliphatic rings. The predicted octanol–water partition coefficient (Wildman–Crippen LogP) is 4.16. The summed E-state index contributed by atoms with van der Waals surface area (Å²) in [4.78, 5) is 26.8. The number of rotatable bonds is 6. The normalized spacial score (nSPS) is 16.3. The van der Waals surface area contributed by atoms with Crippen molar-refractivity contribution in [1.29, 1.82) is 0 Å². The number of anilines is 2. The molecule has 1 aliphatic heterocycles. The number of amides is 1. The molecule has 1 unspecified atom stereocenters. The molecule has 1 aromatic carbocycles. The first-order chi connectivity index (χ1) is 16.2. The second kappa shape index (κ2) is 10.0. The van der Waals surface area contributed by atoms with Gasteiger partial charge in [0.05, 0.1) is 30.8 Å². The molecule has 0 bridgehead atoms. The van der Waals surface area contributed by atoms with Crippen LogP contribution in [0.4, 0.5) is 24.8 Å². The minimum atomic E-state index is -4.56. The summed E-state index contributed by atoms with van der Waals surface area (Å²) in [5.41, 5.74) is 1.11. The zero-order chi connectivity index (χ0) is 24.3. The second-order valence-corrected chi connectivity index (χ2v) is 8.79. The lowest BCUT2D eigenvalue weighted by Gasteiger charge is -2.27. The molecule has 12 heteroatoms. The van der Waals surface area contributed by atoms with Crippen LogP contribution >= 0.6 is 11.3 Å². The van der Waals surface area contributed by atoms with E-state index >= 15 is 0 Å². The SMILES string of the molecule is Cc1cc(Nc2nccc(C(F)(F)F)n2)cc(-c2cnc(C(=O)N(C)CC3COCCO3)s2)c1. The topological polar surface area (TPSA) is 89.5 Å². The zero-order valence-corrected chi connectivity index (χ0v) is 19.2. The highest BCUT2D eigenvalue weighted by molar-refractivity contribution is 7.16. The summed E-state index contributed by atoms with van der Waals surface area (Å²) in [5, 5.41) is 3.15. The van der Waals surface area contributed by atoms with E-state index in [0.29, 0.717) is 37.1 Å². The van der Waals surface area contributed by atoms with Crippen LogP contribution in [0.25, 0.3) is 10.4 Å². The lowest BCUT2D eigenvalue weighted by Crippen LogP contribution is -2.40. The molecule has 0 spiro atoms. The van der Waals surface area contributed by atoms with Gasteiger partial charge in [-0.05, 0) is 36.2 Å². The number of nitrogens with zero attached hydrogens (tertiary/aromatic N) is 4. The standard InChI is InChI=1S/C22H22F3N5O3S/c1-13-7-14(9-15(8-13)28-21-26-4-3-18(29-21)22(23,24)25)17-10-27-19(34-17)20(31)30(2)11-16-12-32-5-6-33-16/h3-4,7-10,16H,5-6,11-12H2,1-2H3,(H,26,28,29). The Bertz CT molecular complexity index is 1160. The Morgan fingerprint density at radius 1 is 1.26 bits per heavy atom. The summed E-state index contributed by atoms with van der Waals surface area (Å²) in [6.07, 6.45) is -2.08. The van der Waals surface area contributed by atoms with Crippen molar-refractivity contribution in [2.45, 2.75) is 19.2 Å². The van der Waals surface area contributed by atoms with Gasteiger partial charge in [-0.25, -0.2) is 15.0 Å². The zero-order valence-electron chi connectivity index (χ0n) is 18.4. The Morgan fingerprint density at radius 3 is 2.82 bits per heavy atom. The number of thiazole rings is 1. The maximum absolute atomic E-state index is 12.9. The van der Waals surface area contributed by atoms with E-state index in [1.54, 1.807) is 30.3 Å². The Hall–Kier alpha value is -3.09. The molecule has 1 fully saturated rings. The van der Waals surface area contributed by atoms with Crippen molar-refractivity contribution in [3.63, 3.8) is 0 Å². The van der Waals surface area contributed by atoms with Gasteiger partial charge in [0.15, 0.2) is 5.01 Å². The van der Waals surface area contributed by atoms with Crippen LogP contribution < -0.4 is 5.32 Å². The van der Waals surface area contributed by atoms with Crippen molar-refractivity contribution in [2.75, 3.05) is 38.7 Å². The number of aryl methyl sites for hydroxylation is 1. The summed E-state index contributed by atoms with van der Waals surface area (Å²) in [7, 11) is 1.69. The van der Waals surface area contributed by atoms with E-state index in [1.165, 1.54) is 11.3 Å². The van der Waals surface area contributed by atoms with Crippen molar-refractivity contribution < 1.29 is 27.4 Å². The molecule has 1 atom stereocenters. The Kier molecular flexibility index (Phi) is 7.10. The molecule has 180 valence electrons. The fourth-order valence-electron chi connectivity index (χ4n) is 3.40. The molecule has 1 saturated heterocycles. The summed E-state index contributed by atoms with van der Waals surface area (Å²) in [6, 6.07) is 6.22. The first-order valence-electron chi connectivity index (χ1n) is 10.4. The van der Waals surface area contributed by atoms with Crippen molar-refractivity contribution in [2.24, 2.45) is 0 Å². The van der Waals surface area contributed by atoms with Gasteiger partial charge in [0, 0.05) is 31.7 Å². The quantitative estimate of drug-likeness (QED) is 0.552. The summed E-state index contributed by atoms with van der Waals surface area (Å²) in [6.45, 7) is 3.74. The maximum Gasteiger partial charge on any atom is 0.433 e. The molecule has 8 nitrogen and oxygen atoms in total. The average molecular weight is 494 g/mol. The van der Waals surface area contributed by atoms with E-state index in [2.05, 4.69) is 20.3 Å². The lowest BCUT2D eigenvalue weighted by molar-refractivity contribution is -0.141. The number of carbonyl (C=O) groups excluding carboxylic acids is 1. The smallest absolute Gasteiger partial charge is 0.376 e. The Morgan fingerprint density at radius 2 is 2.09 bits per heavy atom. The number of ether oxygens (including phenoxy) is 2. The number of alkyl halides is 3. The molecule has 0 radical (unpaired) electrons. The number of benzene rings is 1. The highest BCUT2D eigenvalue weighted by Gasteiger charge is 2.32. The van der Waals surface area contributed by atoms with Crippen LogP contribution in [-0.2, 0) is 15.7 Å². The van der Waals surface area contributed by atoms with Crippen LogP contribution in [0, 0.1) is 6.92 Å². The molecule has 0 saturated carbocycles. The van der Waals surface area contributed by atoms with Crippen LogP contribution in [0.15, 0.2) is 36.7 Å². The summed E-state index contributed by atoms with van der Waals surface area (Å²) >= 11 is 1.23. The number of aromatic nitrogens is 3. The van der Waals surface area contributed by atoms with E-state index in [1.807, 2.05) is 13.0 Å². The molecule has 4 rings (SSSR count). The van der Waals surface area contributed by atoms with Gasteiger partial charge in [-0.3, -0.25) is 4.79 Å². The number of halogens is 3. The molecule has 1 amide bonds. The van der Waals surface area contributed by atoms with Gasteiger partial charge in [-0.2, -0.15) is 13.2 Å². The van der Waals surface area contributed by atoms with Gasteiger partial charge in [-0.1, -0.05) is 6.07 Å². The summed E-state index contributed by atoms with van der Waals surface area (Å²) < 4.78 is 49.8. The van der Waals surface area contributed by atoms with Crippen molar-refractivity contribution in [3.8, 4) is 10.4 Å². The number of nitrogens with one attached hydrogen (secondary N) is 1. The van der Waals surface area contributed by atoms with Gasteiger partial charge in [0.25, 0.3) is 5.91 Å². The van der Waals surface area contributed by atoms with Gasteiger partial charge < -0.3 is 19.7 Å². The molecule has 0 aliphatic carbocycles. The average Bonchev–Trinajstić information content (AvgIpc) is 3.29. The third-order valence-electron chi connectivity index (χ3n) is 4.96. The Balaban J connectivity index is 1.49. The van der Waals surface area contributed by atoms with Crippen LogP contribution in [-0.4, -0.2) is 65.3 Å². The molecule has 3 heterocycles. The molecular weight excluding hydrogens is 471 g/mol. The number of hydrogen-bond acceptors (Lipinski definition) is 8. The fourth-order valence-corrected chi connectivity index (χ4v) is 4.30. The number of carbonyl (C=O) groups is 1. The highest BCUT2D eigenvalue weighted by Crippen LogP contribution is 2.32. The minimum Gasteiger partial charge on any atom is -0.376 e. The third-order valence-corrected chi connectivity index (χ3v) is 6.00. The predicted molar refractivity (Wildman–Crippen MR) is 120 cm³/mol. The first kappa shape index (κ1) is 24.0. The van der Waals surface area contributed by atoms with Gasteiger partial charge >= 0.3 is 6.18 Å². The van der Waals surface area contributed by atoms with Gasteiger partial charge in [-0.15, -0.1) is 11.3 Å². The van der Waals surface area contributed by atoms with Crippen molar-refractivity contribution >= 4 is 28.9 Å².